The normalized spacial score (nSPS) is 11.3. The molecular weight excluding hydrogens is 297 g/mol. The molecule has 3 rings (SSSR count). The van der Waals surface area contributed by atoms with Crippen LogP contribution in [0.15, 0.2) is 60.0 Å². The van der Waals surface area contributed by atoms with Gasteiger partial charge in [-0.2, -0.15) is 8.42 Å². The average Bonchev–Trinajstić information content (AvgIpc) is 2.44. The Hall–Kier alpha value is -1.40. The lowest BCUT2D eigenvalue weighted by Crippen LogP contribution is -2.02. The fourth-order valence-corrected chi connectivity index (χ4v) is 3.43. The van der Waals surface area contributed by atoms with Crippen molar-refractivity contribution < 1.29 is 13.0 Å². The van der Waals surface area contributed by atoms with Gasteiger partial charge >= 0.3 is 0 Å². The maximum Gasteiger partial charge on any atom is 0.295 e. The summed E-state index contributed by atoms with van der Waals surface area (Å²) >= 11 is 0. The van der Waals surface area contributed by atoms with E-state index in [0.29, 0.717) is 10.9 Å². The SMILES string of the molecule is C=Cc1ccc2c(ccc3ccccc32)c1S(=O)(=O)O.[Mg]. The first-order valence-electron chi connectivity index (χ1n) is 6.07. The first kappa shape index (κ1) is 16.0. The van der Waals surface area contributed by atoms with Crippen LogP contribution in [0.3, 0.4) is 0 Å². The van der Waals surface area contributed by atoms with E-state index in [1.165, 1.54) is 6.08 Å². The lowest BCUT2D eigenvalue weighted by atomic mass is 10.00. The second kappa shape index (κ2) is 5.77. The Bertz CT molecular complexity index is 946. The predicted octanol–water partition coefficient (Wildman–Crippen LogP) is 3.50. The summed E-state index contributed by atoms with van der Waals surface area (Å²) in [5.41, 5.74) is 0.398. The summed E-state index contributed by atoms with van der Waals surface area (Å²) < 4.78 is 32.8. The van der Waals surface area contributed by atoms with Crippen molar-refractivity contribution in [3.63, 3.8) is 0 Å². The van der Waals surface area contributed by atoms with Crippen LogP contribution < -0.4 is 0 Å². The molecule has 0 heterocycles. The molecule has 3 nitrogen and oxygen atoms in total. The maximum absolute atomic E-state index is 11.7. The van der Waals surface area contributed by atoms with Crippen molar-refractivity contribution in [3.8, 4) is 0 Å². The summed E-state index contributed by atoms with van der Waals surface area (Å²) in [6, 6.07) is 14.8. The molecule has 1 N–H and O–H groups in total. The Labute approximate surface area is 139 Å². The molecule has 0 saturated heterocycles. The zero-order valence-electron chi connectivity index (χ0n) is 11.3. The molecule has 0 aliphatic heterocycles. The zero-order chi connectivity index (χ0) is 14.3. The quantitative estimate of drug-likeness (QED) is 0.448. The summed E-state index contributed by atoms with van der Waals surface area (Å²) in [7, 11) is -4.31. The molecule has 0 fully saturated rings. The van der Waals surface area contributed by atoms with E-state index in [1.54, 1.807) is 12.1 Å². The first-order chi connectivity index (χ1) is 9.52. The number of benzene rings is 3. The van der Waals surface area contributed by atoms with E-state index in [0.717, 1.165) is 16.2 Å². The Morgan fingerprint density at radius 2 is 1.57 bits per heavy atom. The van der Waals surface area contributed by atoms with Gasteiger partial charge < -0.3 is 0 Å². The minimum Gasteiger partial charge on any atom is -0.282 e. The number of rotatable bonds is 2. The van der Waals surface area contributed by atoms with Crippen LogP contribution in [0, 0.1) is 0 Å². The molecule has 2 radical (unpaired) electrons. The van der Waals surface area contributed by atoms with Crippen LogP contribution in [-0.2, 0) is 10.1 Å². The highest BCUT2D eigenvalue weighted by Gasteiger charge is 2.18. The van der Waals surface area contributed by atoms with Gasteiger partial charge in [-0.3, -0.25) is 4.55 Å². The van der Waals surface area contributed by atoms with Gasteiger partial charge in [-0.05, 0) is 21.7 Å². The topological polar surface area (TPSA) is 54.4 Å². The van der Waals surface area contributed by atoms with Gasteiger partial charge in [0.1, 0.15) is 4.90 Å². The van der Waals surface area contributed by atoms with Crippen molar-refractivity contribution in [1.29, 1.82) is 0 Å². The molecule has 0 spiro atoms. The molecule has 5 heteroatoms. The fraction of sp³-hybridized carbons (Fsp3) is 0. The molecule has 0 amide bonds. The molecule has 102 valence electrons. The molecule has 0 unspecified atom stereocenters. The summed E-state index contributed by atoms with van der Waals surface area (Å²) in [5.74, 6) is 0. The van der Waals surface area contributed by atoms with E-state index in [4.69, 9.17) is 0 Å². The van der Waals surface area contributed by atoms with Gasteiger partial charge in [-0.25, -0.2) is 0 Å². The van der Waals surface area contributed by atoms with Crippen molar-refractivity contribution in [2.75, 3.05) is 0 Å². The van der Waals surface area contributed by atoms with Gasteiger partial charge in [-0.15, -0.1) is 0 Å². The largest absolute Gasteiger partial charge is 0.295 e. The van der Waals surface area contributed by atoms with Crippen LogP contribution in [0.1, 0.15) is 5.56 Å². The van der Waals surface area contributed by atoms with Crippen molar-refractivity contribution >= 4 is 60.8 Å². The van der Waals surface area contributed by atoms with Crippen LogP contribution in [0.25, 0.3) is 27.6 Å². The van der Waals surface area contributed by atoms with Gasteiger partial charge in [0.05, 0.1) is 0 Å². The maximum atomic E-state index is 11.7. The molecule has 0 atom stereocenters. The van der Waals surface area contributed by atoms with Crippen molar-refractivity contribution in [3.05, 3.63) is 60.7 Å². The highest BCUT2D eigenvalue weighted by molar-refractivity contribution is 7.86. The predicted molar refractivity (Wildman–Crippen MR) is 87.1 cm³/mol. The Morgan fingerprint density at radius 1 is 0.905 bits per heavy atom. The van der Waals surface area contributed by atoms with Gasteiger partial charge in [0.2, 0.25) is 0 Å². The van der Waals surface area contributed by atoms with E-state index >= 15 is 0 Å². The van der Waals surface area contributed by atoms with E-state index in [9.17, 15) is 13.0 Å². The van der Waals surface area contributed by atoms with Crippen LogP contribution in [0.4, 0.5) is 0 Å². The van der Waals surface area contributed by atoms with Crippen molar-refractivity contribution in [2.45, 2.75) is 4.90 Å². The Kier molecular flexibility index (Phi) is 4.39. The summed E-state index contributed by atoms with van der Waals surface area (Å²) in [5, 5.41) is 3.27. The molecular formula is C16H12MgO3S. The lowest BCUT2D eigenvalue weighted by Gasteiger charge is -2.10. The average molecular weight is 309 g/mol. The second-order valence-electron chi connectivity index (χ2n) is 4.54. The second-order valence-corrected chi connectivity index (χ2v) is 5.90. The van der Waals surface area contributed by atoms with Gasteiger partial charge in [0.25, 0.3) is 10.1 Å². The molecule has 0 saturated carbocycles. The third-order valence-electron chi connectivity index (χ3n) is 3.38. The van der Waals surface area contributed by atoms with Crippen LogP contribution in [-0.4, -0.2) is 36.0 Å². The molecule has 21 heavy (non-hydrogen) atoms. The van der Waals surface area contributed by atoms with Crippen LogP contribution in [0.2, 0.25) is 0 Å². The number of hydrogen-bond donors (Lipinski definition) is 1. The Morgan fingerprint density at radius 3 is 2.24 bits per heavy atom. The molecule has 0 aliphatic carbocycles. The third kappa shape index (κ3) is 2.69. The standard InChI is InChI=1S/C16H12O3S.Mg/c1-2-11-7-9-14-13-6-4-3-5-12(13)8-10-15(14)16(11)20(17,18)19;/h2-10H,1H2,(H,17,18,19);. The smallest absolute Gasteiger partial charge is 0.282 e. The highest BCUT2D eigenvalue weighted by atomic mass is 32.2. The van der Waals surface area contributed by atoms with E-state index in [2.05, 4.69) is 6.58 Å². The first-order valence-corrected chi connectivity index (χ1v) is 7.51. The highest BCUT2D eigenvalue weighted by Crippen LogP contribution is 2.32. The summed E-state index contributed by atoms with van der Waals surface area (Å²) in [6.45, 7) is 3.60. The van der Waals surface area contributed by atoms with Crippen molar-refractivity contribution in [1.82, 2.24) is 0 Å². The third-order valence-corrected chi connectivity index (χ3v) is 4.36. The van der Waals surface area contributed by atoms with Gasteiger partial charge in [0.15, 0.2) is 0 Å². The summed E-state index contributed by atoms with van der Waals surface area (Å²) in [4.78, 5) is -0.0873. The zero-order valence-corrected chi connectivity index (χ0v) is 13.5. The molecule has 0 aromatic heterocycles. The number of hydrogen-bond acceptors (Lipinski definition) is 2. The van der Waals surface area contributed by atoms with Crippen molar-refractivity contribution in [2.24, 2.45) is 0 Å². The van der Waals surface area contributed by atoms with Gasteiger partial charge in [-0.1, -0.05) is 61.2 Å². The molecule has 3 aromatic rings. The Balaban J connectivity index is 0.00000161. The number of fused-ring (bicyclic) bond motifs is 3. The van der Waals surface area contributed by atoms with E-state index < -0.39 is 10.1 Å². The minimum absolute atomic E-state index is 0. The molecule has 0 bridgehead atoms. The minimum atomic E-state index is -4.31. The van der Waals surface area contributed by atoms with E-state index in [-0.39, 0.29) is 27.9 Å². The van der Waals surface area contributed by atoms with Gasteiger partial charge in [0, 0.05) is 28.4 Å². The molecule has 3 aromatic carbocycles. The molecule has 0 aliphatic rings. The lowest BCUT2D eigenvalue weighted by molar-refractivity contribution is 0.484. The fourth-order valence-electron chi connectivity index (χ4n) is 2.53. The van der Waals surface area contributed by atoms with E-state index in [1.807, 2.05) is 36.4 Å². The van der Waals surface area contributed by atoms with Crippen LogP contribution in [0.5, 0.6) is 0 Å². The van der Waals surface area contributed by atoms with Crippen LogP contribution >= 0.6 is 0 Å². The summed E-state index contributed by atoms with van der Waals surface area (Å²) in [6.07, 6.45) is 1.43. The monoisotopic (exact) mass is 308 g/mol.